The standard InChI is InChI=1S/C21H18N4O2/c1-15-8-10-16(11-9-15)24-14-19(27-2)21(26)20(23-24)18-12-13-22-25(18)17-6-4-3-5-7-17/h3-14H,1-2H3. The van der Waals surface area contributed by atoms with Gasteiger partial charge in [0.05, 0.1) is 36.6 Å². The highest BCUT2D eigenvalue weighted by Gasteiger charge is 2.17. The van der Waals surface area contributed by atoms with E-state index in [2.05, 4.69) is 10.2 Å². The zero-order chi connectivity index (χ0) is 18.8. The molecule has 0 atom stereocenters. The highest BCUT2D eigenvalue weighted by molar-refractivity contribution is 5.59. The summed E-state index contributed by atoms with van der Waals surface area (Å²) in [5.74, 6) is 0.224. The second-order valence-corrected chi connectivity index (χ2v) is 6.12. The van der Waals surface area contributed by atoms with Gasteiger partial charge in [0.2, 0.25) is 0 Å². The summed E-state index contributed by atoms with van der Waals surface area (Å²) in [5.41, 5.74) is 3.43. The van der Waals surface area contributed by atoms with Crippen LogP contribution in [0.25, 0.3) is 22.8 Å². The molecule has 0 aliphatic heterocycles. The molecule has 6 heteroatoms. The lowest BCUT2D eigenvalue weighted by molar-refractivity contribution is 0.405. The van der Waals surface area contributed by atoms with Gasteiger partial charge >= 0.3 is 0 Å². The largest absolute Gasteiger partial charge is 0.491 e. The first-order valence-corrected chi connectivity index (χ1v) is 8.52. The number of aryl methyl sites for hydroxylation is 1. The minimum atomic E-state index is -0.279. The van der Waals surface area contributed by atoms with E-state index in [-0.39, 0.29) is 16.9 Å². The van der Waals surface area contributed by atoms with Gasteiger partial charge in [-0.25, -0.2) is 9.36 Å². The predicted molar refractivity (Wildman–Crippen MR) is 104 cm³/mol. The summed E-state index contributed by atoms with van der Waals surface area (Å²) in [6, 6.07) is 19.3. The molecule has 0 radical (unpaired) electrons. The summed E-state index contributed by atoms with van der Waals surface area (Å²) < 4.78 is 8.66. The monoisotopic (exact) mass is 358 g/mol. The number of hydrogen-bond donors (Lipinski definition) is 0. The Morgan fingerprint density at radius 2 is 1.67 bits per heavy atom. The summed E-state index contributed by atoms with van der Waals surface area (Å²) in [6.45, 7) is 2.02. The van der Waals surface area contributed by atoms with Gasteiger partial charge < -0.3 is 4.74 Å². The molecule has 0 aliphatic rings. The van der Waals surface area contributed by atoms with Crippen molar-refractivity contribution in [3.63, 3.8) is 0 Å². The Morgan fingerprint density at radius 3 is 2.37 bits per heavy atom. The maximum atomic E-state index is 12.9. The van der Waals surface area contributed by atoms with Crippen LogP contribution in [0.3, 0.4) is 0 Å². The van der Waals surface area contributed by atoms with Crippen molar-refractivity contribution in [3.8, 4) is 28.5 Å². The van der Waals surface area contributed by atoms with Crippen molar-refractivity contribution in [2.24, 2.45) is 0 Å². The van der Waals surface area contributed by atoms with Gasteiger partial charge in [-0.1, -0.05) is 35.9 Å². The molecule has 2 aromatic heterocycles. The zero-order valence-electron chi connectivity index (χ0n) is 15.0. The average Bonchev–Trinajstić information content (AvgIpc) is 3.19. The number of para-hydroxylation sites is 1. The molecular formula is C21H18N4O2. The van der Waals surface area contributed by atoms with Crippen molar-refractivity contribution in [1.29, 1.82) is 0 Å². The topological polar surface area (TPSA) is 61.9 Å². The van der Waals surface area contributed by atoms with E-state index in [4.69, 9.17) is 4.74 Å². The van der Waals surface area contributed by atoms with Gasteiger partial charge in [-0.2, -0.15) is 10.2 Å². The molecule has 0 amide bonds. The SMILES string of the molecule is COc1cn(-c2ccc(C)cc2)nc(-c2ccnn2-c2ccccc2)c1=O. The summed E-state index contributed by atoms with van der Waals surface area (Å²) in [4.78, 5) is 12.9. The van der Waals surface area contributed by atoms with Crippen molar-refractivity contribution in [2.75, 3.05) is 7.11 Å². The van der Waals surface area contributed by atoms with E-state index in [9.17, 15) is 4.79 Å². The van der Waals surface area contributed by atoms with Crippen LogP contribution in [-0.4, -0.2) is 26.7 Å². The van der Waals surface area contributed by atoms with Crippen LogP contribution in [0.1, 0.15) is 5.56 Å². The van der Waals surface area contributed by atoms with Gasteiger partial charge in [0, 0.05) is 0 Å². The maximum Gasteiger partial charge on any atom is 0.251 e. The molecule has 4 rings (SSSR count). The van der Waals surface area contributed by atoms with Crippen molar-refractivity contribution >= 4 is 0 Å². The smallest absolute Gasteiger partial charge is 0.251 e. The first kappa shape index (κ1) is 16.8. The molecule has 0 aliphatic carbocycles. The number of aromatic nitrogens is 4. The fraction of sp³-hybridized carbons (Fsp3) is 0.0952. The van der Waals surface area contributed by atoms with Gasteiger partial charge in [-0.3, -0.25) is 4.79 Å². The second-order valence-electron chi connectivity index (χ2n) is 6.12. The molecule has 0 saturated heterocycles. The lowest BCUT2D eigenvalue weighted by Crippen LogP contribution is -2.17. The summed E-state index contributed by atoms with van der Waals surface area (Å²) in [7, 11) is 1.48. The number of ether oxygens (including phenoxy) is 1. The molecule has 2 aromatic carbocycles. The summed E-state index contributed by atoms with van der Waals surface area (Å²) >= 11 is 0. The number of methoxy groups -OCH3 is 1. The van der Waals surface area contributed by atoms with Gasteiger partial charge in [-0.05, 0) is 37.3 Å². The lowest BCUT2D eigenvalue weighted by atomic mass is 10.2. The molecule has 6 nitrogen and oxygen atoms in total. The van der Waals surface area contributed by atoms with Crippen LogP contribution in [0.2, 0.25) is 0 Å². The lowest BCUT2D eigenvalue weighted by Gasteiger charge is -2.12. The molecule has 0 saturated carbocycles. The van der Waals surface area contributed by atoms with Crippen LogP contribution >= 0.6 is 0 Å². The molecule has 2 heterocycles. The molecule has 0 bridgehead atoms. The highest BCUT2D eigenvalue weighted by Crippen LogP contribution is 2.21. The third-order valence-electron chi connectivity index (χ3n) is 4.29. The van der Waals surface area contributed by atoms with Gasteiger partial charge in [-0.15, -0.1) is 0 Å². The first-order valence-electron chi connectivity index (χ1n) is 8.52. The van der Waals surface area contributed by atoms with Crippen LogP contribution in [0.4, 0.5) is 0 Å². The van der Waals surface area contributed by atoms with Gasteiger partial charge in [0.25, 0.3) is 5.43 Å². The van der Waals surface area contributed by atoms with E-state index in [0.29, 0.717) is 5.69 Å². The van der Waals surface area contributed by atoms with Crippen molar-refractivity contribution < 1.29 is 4.74 Å². The number of hydrogen-bond acceptors (Lipinski definition) is 4. The van der Waals surface area contributed by atoms with Gasteiger partial charge in [0.1, 0.15) is 0 Å². The Balaban J connectivity index is 1.92. The molecule has 0 N–H and O–H groups in total. The number of rotatable bonds is 4. The fourth-order valence-electron chi connectivity index (χ4n) is 2.87. The van der Waals surface area contributed by atoms with Crippen LogP contribution < -0.4 is 10.2 Å². The molecular weight excluding hydrogens is 340 g/mol. The van der Waals surface area contributed by atoms with Crippen LogP contribution in [0.15, 0.2) is 77.9 Å². The Morgan fingerprint density at radius 1 is 0.926 bits per heavy atom. The van der Waals surface area contributed by atoms with Crippen LogP contribution in [-0.2, 0) is 0 Å². The van der Waals surface area contributed by atoms with E-state index in [1.165, 1.54) is 7.11 Å². The molecule has 0 spiro atoms. The van der Waals surface area contributed by atoms with E-state index >= 15 is 0 Å². The third kappa shape index (κ3) is 3.13. The van der Waals surface area contributed by atoms with Crippen LogP contribution in [0.5, 0.6) is 5.75 Å². The van der Waals surface area contributed by atoms with E-state index in [1.807, 2.05) is 61.5 Å². The van der Waals surface area contributed by atoms with Crippen LogP contribution in [0, 0.1) is 6.92 Å². The van der Waals surface area contributed by atoms with E-state index in [0.717, 1.165) is 16.9 Å². The fourth-order valence-corrected chi connectivity index (χ4v) is 2.87. The minimum Gasteiger partial charge on any atom is -0.491 e. The molecule has 0 fully saturated rings. The quantitative estimate of drug-likeness (QED) is 0.561. The Kier molecular flexibility index (Phi) is 4.30. The number of nitrogens with zero attached hydrogens (tertiary/aromatic N) is 4. The summed E-state index contributed by atoms with van der Waals surface area (Å²) in [6.07, 6.45) is 3.25. The maximum absolute atomic E-state index is 12.9. The van der Waals surface area contributed by atoms with E-state index in [1.54, 1.807) is 27.8 Å². The average molecular weight is 358 g/mol. The Bertz CT molecular complexity index is 1130. The predicted octanol–water partition coefficient (Wildman–Crippen LogP) is 3.40. The zero-order valence-corrected chi connectivity index (χ0v) is 15.0. The highest BCUT2D eigenvalue weighted by atomic mass is 16.5. The van der Waals surface area contributed by atoms with E-state index < -0.39 is 0 Å². The number of benzene rings is 2. The van der Waals surface area contributed by atoms with Gasteiger partial charge in [0.15, 0.2) is 11.4 Å². The van der Waals surface area contributed by atoms with Crippen molar-refractivity contribution in [3.05, 3.63) is 88.8 Å². The van der Waals surface area contributed by atoms with Crippen molar-refractivity contribution in [1.82, 2.24) is 19.6 Å². The minimum absolute atomic E-state index is 0.224. The first-order chi connectivity index (χ1) is 13.2. The molecule has 27 heavy (non-hydrogen) atoms. The molecule has 4 aromatic rings. The molecule has 0 unspecified atom stereocenters. The third-order valence-corrected chi connectivity index (χ3v) is 4.29. The molecule has 134 valence electrons. The Hall–Kier alpha value is -3.67. The Labute approximate surface area is 156 Å². The van der Waals surface area contributed by atoms with Crippen molar-refractivity contribution in [2.45, 2.75) is 6.92 Å². The summed E-state index contributed by atoms with van der Waals surface area (Å²) in [5, 5.41) is 8.93. The normalized spacial score (nSPS) is 10.7. The second kappa shape index (κ2) is 6.92.